The fourth-order valence-electron chi connectivity index (χ4n) is 2.76. The molecule has 0 aliphatic heterocycles. The van der Waals surface area contributed by atoms with E-state index in [4.69, 9.17) is 10.7 Å². The van der Waals surface area contributed by atoms with Crippen molar-refractivity contribution in [2.45, 2.75) is 42.8 Å². The van der Waals surface area contributed by atoms with Gasteiger partial charge in [0.15, 0.2) is 0 Å². The first-order valence-corrected chi connectivity index (χ1v) is 9.70. The first-order chi connectivity index (χ1) is 13.4. The van der Waals surface area contributed by atoms with Crippen LogP contribution in [0.3, 0.4) is 0 Å². The highest BCUT2D eigenvalue weighted by atomic mass is 32.2. The van der Waals surface area contributed by atoms with E-state index in [0.717, 1.165) is 21.2 Å². The first kappa shape index (κ1) is 19.9. The number of halogens is 1. The van der Waals surface area contributed by atoms with E-state index in [9.17, 15) is 9.18 Å². The Morgan fingerprint density at radius 1 is 1.29 bits per heavy atom. The van der Waals surface area contributed by atoms with Gasteiger partial charge >= 0.3 is 6.03 Å². The molecule has 2 aromatic heterocycles. The van der Waals surface area contributed by atoms with Gasteiger partial charge in [-0.2, -0.15) is 0 Å². The van der Waals surface area contributed by atoms with Gasteiger partial charge in [0, 0.05) is 23.8 Å². The molecule has 0 saturated heterocycles. The third-order valence-electron chi connectivity index (χ3n) is 4.09. The lowest BCUT2D eigenvalue weighted by Gasteiger charge is -2.14. The summed E-state index contributed by atoms with van der Waals surface area (Å²) in [5.74, 6) is 0.562. The molecule has 0 spiro atoms. The number of benzene rings is 1. The molecule has 3 rings (SSSR count). The Bertz CT molecular complexity index is 958. The minimum Gasteiger partial charge on any atom is -0.352 e. The zero-order chi connectivity index (χ0) is 20.1. The fraction of sp³-hybridized carbons (Fsp3) is 0.250. The monoisotopic (exact) mass is 399 g/mol. The molecular weight excluding hydrogens is 377 g/mol. The Morgan fingerprint density at radius 3 is 2.68 bits per heavy atom. The van der Waals surface area contributed by atoms with E-state index in [1.54, 1.807) is 18.5 Å². The van der Waals surface area contributed by atoms with Crippen molar-refractivity contribution >= 4 is 17.8 Å². The lowest BCUT2D eigenvalue weighted by Crippen LogP contribution is -2.30. The molecule has 8 heteroatoms. The Hall–Kier alpha value is -2.87. The van der Waals surface area contributed by atoms with E-state index in [1.165, 1.54) is 23.9 Å². The molecule has 3 N–H and O–H groups in total. The Labute approximate surface area is 167 Å². The van der Waals surface area contributed by atoms with E-state index in [-0.39, 0.29) is 18.3 Å². The maximum atomic E-state index is 13.7. The fourth-order valence-corrected chi connectivity index (χ4v) is 3.97. The predicted molar refractivity (Wildman–Crippen MR) is 107 cm³/mol. The molecule has 6 nitrogen and oxygen atoms in total. The van der Waals surface area contributed by atoms with Gasteiger partial charge in [-0.05, 0) is 41.8 Å². The average Bonchev–Trinajstić information content (AvgIpc) is 2.98. The van der Waals surface area contributed by atoms with Gasteiger partial charge in [-0.25, -0.2) is 14.2 Å². The van der Waals surface area contributed by atoms with Crippen LogP contribution in [-0.2, 0) is 13.1 Å². The number of nitrogens with one attached hydrogen (secondary N) is 1. The van der Waals surface area contributed by atoms with Crippen LogP contribution in [0.4, 0.5) is 9.18 Å². The van der Waals surface area contributed by atoms with Crippen LogP contribution in [0.2, 0.25) is 0 Å². The van der Waals surface area contributed by atoms with Crippen LogP contribution in [0.15, 0.2) is 58.7 Å². The Morgan fingerprint density at radius 2 is 2.04 bits per heavy atom. The lowest BCUT2D eigenvalue weighted by molar-refractivity contribution is 0.248. The van der Waals surface area contributed by atoms with Crippen LogP contribution >= 0.6 is 11.8 Å². The smallest absolute Gasteiger partial charge is 0.312 e. The minimum absolute atomic E-state index is 0.155. The van der Waals surface area contributed by atoms with Gasteiger partial charge in [-0.15, -0.1) is 0 Å². The Balaban J connectivity index is 2.06. The molecule has 1 aromatic carbocycles. The summed E-state index contributed by atoms with van der Waals surface area (Å²) in [6.45, 7) is 4.87. The summed E-state index contributed by atoms with van der Waals surface area (Å²) < 4.78 is 15.7. The Kier molecular flexibility index (Phi) is 6.30. The minimum atomic E-state index is -0.608. The summed E-state index contributed by atoms with van der Waals surface area (Å²) in [7, 11) is 0. The van der Waals surface area contributed by atoms with Crippen LogP contribution in [-0.4, -0.2) is 20.6 Å². The average molecular weight is 399 g/mol. The molecule has 0 aliphatic carbocycles. The largest absolute Gasteiger partial charge is 0.352 e. The molecule has 0 radical (unpaired) electrons. The first-order valence-electron chi connectivity index (χ1n) is 8.89. The van der Waals surface area contributed by atoms with E-state index < -0.39 is 6.03 Å². The van der Waals surface area contributed by atoms with Gasteiger partial charge < -0.3 is 15.6 Å². The zero-order valence-corrected chi connectivity index (χ0v) is 16.5. The predicted octanol–water partition coefficient (Wildman–Crippen LogP) is 3.91. The summed E-state index contributed by atoms with van der Waals surface area (Å²) >= 11 is 1.46. The number of carbonyl (C=O) groups excluding carboxylic acids is 1. The molecule has 3 aromatic rings. The highest BCUT2D eigenvalue weighted by Crippen LogP contribution is 2.35. The second-order valence-corrected chi connectivity index (χ2v) is 7.65. The lowest BCUT2D eigenvalue weighted by atomic mass is 10.1. The zero-order valence-electron chi connectivity index (χ0n) is 15.7. The number of aromatic nitrogens is 3. The van der Waals surface area contributed by atoms with E-state index >= 15 is 0 Å². The second kappa shape index (κ2) is 8.88. The van der Waals surface area contributed by atoms with Crippen LogP contribution in [0, 0.1) is 5.82 Å². The number of hydrogen-bond acceptors (Lipinski definition) is 4. The van der Waals surface area contributed by atoms with Gasteiger partial charge in [-0.3, -0.25) is 4.98 Å². The number of carbonyl (C=O) groups is 1. The molecule has 2 heterocycles. The van der Waals surface area contributed by atoms with Gasteiger partial charge in [0.25, 0.3) is 0 Å². The summed E-state index contributed by atoms with van der Waals surface area (Å²) in [5.41, 5.74) is 7.18. The summed E-state index contributed by atoms with van der Waals surface area (Å²) in [4.78, 5) is 20.8. The van der Waals surface area contributed by atoms with Crippen LogP contribution in [0.25, 0.3) is 0 Å². The third kappa shape index (κ3) is 4.89. The topological polar surface area (TPSA) is 85.8 Å². The SMILES string of the molecule is CC(C)c1nc(CNC(N)=O)n(Cc2ccncc2)c1Sc1cccc(F)c1. The maximum absolute atomic E-state index is 13.7. The van der Waals surface area contributed by atoms with E-state index in [2.05, 4.69) is 24.1 Å². The summed E-state index contributed by atoms with van der Waals surface area (Å²) in [6, 6.07) is 9.72. The number of hydrogen-bond donors (Lipinski definition) is 2. The quantitative estimate of drug-likeness (QED) is 0.631. The normalized spacial score (nSPS) is 11.0. The van der Waals surface area contributed by atoms with Crippen molar-refractivity contribution in [1.82, 2.24) is 19.9 Å². The van der Waals surface area contributed by atoms with Gasteiger partial charge in [-0.1, -0.05) is 31.7 Å². The standard InChI is InChI=1S/C20H22FN5OS/c1-13(2)18-19(28-16-5-3-4-15(21)10-16)26(12-14-6-8-23-9-7-14)17(25-18)11-24-20(22)27/h3-10,13H,11-12H2,1-2H3,(H3,22,24,27). The number of nitrogens with two attached hydrogens (primary N) is 1. The number of amides is 2. The second-order valence-electron chi connectivity index (χ2n) is 6.59. The summed E-state index contributed by atoms with van der Waals surface area (Å²) in [5, 5.41) is 3.53. The van der Waals surface area contributed by atoms with Crippen LogP contribution < -0.4 is 11.1 Å². The molecular formula is C20H22FN5OS. The van der Waals surface area contributed by atoms with Crippen molar-refractivity contribution in [3.05, 3.63) is 71.7 Å². The number of nitrogens with zero attached hydrogens (tertiary/aromatic N) is 3. The number of imidazole rings is 1. The molecule has 0 saturated carbocycles. The molecule has 0 aliphatic rings. The maximum Gasteiger partial charge on any atom is 0.312 e. The van der Waals surface area contributed by atoms with Crippen molar-refractivity contribution in [2.24, 2.45) is 5.73 Å². The molecule has 2 amide bonds. The van der Waals surface area contributed by atoms with Crippen molar-refractivity contribution in [3.63, 3.8) is 0 Å². The van der Waals surface area contributed by atoms with E-state index in [1.807, 2.05) is 22.8 Å². The molecule has 0 fully saturated rings. The third-order valence-corrected chi connectivity index (χ3v) is 5.21. The van der Waals surface area contributed by atoms with Crippen molar-refractivity contribution in [3.8, 4) is 0 Å². The van der Waals surface area contributed by atoms with Crippen molar-refractivity contribution < 1.29 is 9.18 Å². The molecule has 146 valence electrons. The van der Waals surface area contributed by atoms with Crippen molar-refractivity contribution in [1.29, 1.82) is 0 Å². The molecule has 0 atom stereocenters. The highest BCUT2D eigenvalue weighted by molar-refractivity contribution is 7.99. The number of primary amides is 1. The number of urea groups is 1. The molecule has 0 bridgehead atoms. The molecule has 28 heavy (non-hydrogen) atoms. The van der Waals surface area contributed by atoms with Crippen molar-refractivity contribution in [2.75, 3.05) is 0 Å². The highest BCUT2D eigenvalue weighted by Gasteiger charge is 2.21. The van der Waals surface area contributed by atoms with Gasteiger partial charge in [0.1, 0.15) is 16.7 Å². The van der Waals surface area contributed by atoms with E-state index in [0.29, 0.717) is 12.4 Å². The van der Waals surface area contributed by atoms with Gasteiger partial charge in [0.05, 0.1) is 12.2 Å². The number of rotatable bonds is 7. The molecule has 0 unspecified atom stereocenters. The van der Waals surface area contributed by atoms with Crippen LogP contribution in [0.1, 0.15) is 36.8 Å². The van der Waals surface area contributed by atoms with Crippen LogP contribution in [0.5, 0.6) is 0 Å². The number of pyridine rings is 1. The van der Waals surface area contributed by atoms with Gasteiger partial charge in [0.2, 0.25) is 0 Å². The summed E-state index contributed by atoms with van der Waals surface area (Å²) in [6.07, 6.45) is 3.46.